The smallest absolute Gasteiger partial charge is 0.487 e. The van der Waals surface area contributed by atoms with Gasteiger partial charge in [-0.05, 0) is 56.0 Å². The Balaban J connectivity index is 1.56. The van der Waals surface area contributed by atoms with E-state index in [0.717, 1.165) is 25.2 Å². The summed E-state index contributed by atoms with van der Waals surface area (Å²) in [6.07, 6.45) is -3.08. The van der Waals surface area contributed by atoms with Crippen molar-refractivity contribution < 1.29 is 32.2 Å². The number of nitrogens with one attached hydrogen (secondary N) is 2. The number of fused-ring (bicyclic) bond motifs is 1. The molecule has 1 amide bonds. The van der Waals surface area contributed by atoms with Gasteiger partial charge in [0.25, 0.3) is 5.91 Å². The second-order valence-corrected chi connectivity index (χ2v) is 7.55. The molecule has 0 bridgehead atoms. The Morgan fingerprint density at radius 1 is 1.29 bits per heavy atom. The number of hydrogen-bond donors (Lipinski definition) is 2. The highest BCUT2D eigenvalue weighted by Gasteiger charge is 2.65. The Morgan fingerprint density at radius 2 is 2.00 bits per heavy atom. The minimum Gasteiger partial charge on any atom is -0.487 e. The summed E-state index contributed by atoms with van der Waals surface area (Å²) in [6, 6.07) is 4.84. The minimum atomic E-state index is -4.85. The highest BCUT2D eigenvalue weighted by atomic mass is 19.4. The zero-order valence-electron chi connectivity index (χ0n) is 15.0. The molecule has 1 saturated heterocycles. The van der Waals surface area contributed by atoms with Crippen LogP contribution in [0.15, 0.2) is 36.6 Å². The molecule has 28 heavy (non-hydrogen) atoms. The van der Waals surface area contributed by atoms with Crippen LogP contribution in [0.4, 0.5) is 13.2 Å². The third-order valence-electron chi connectivity index (χ3n) is 5.75. The average molecular weight is 396 g/mol. The van der Waals surface area contributed by atoms with Gasteiger partial charge in [-0.25, -0.2) is 0 Å². The Morgan fingerprint density at radius 3 is 2.61 bits per heavy atom. The predicted molar refractivity (Wildman–Crippen MR) is 91.4 cm³/mol. The van der Waals surface area contributed by atoms with Gasteiger partial charge in [-0.1, -0.05) is 6.07 Å². The van der Waals surface area contributed by atoms with Gasteiger partial charge >= 0.3 is 6.36 Å². The minimum absolute atomic E-state index is 0.00955. The highest BCUT2D eigenvalue weighted by Crippen LogP contribution is 2.56. The van der Waals surface area contributed by atoms with E-state index in [0.29, 0.717) is 11.8 Å². The molecule has 1 aromatic rings. The van der Waals surface area contributed by atoms with Crippen molar-refractivity contribution in [2.75, 3.05) is 13.1 Å². The molecule has 0 radical (unpaired) electrons. The number of carbonyl (C=O) groups excluding carboxylic acids is 2. The lowest BCUT2D eigenvalue weighted by molar-refractivity contribution is -0.274. The summed E-state index contributed by atoms with van der Waals surface area (Å²) in [5, 5.41) is 6.14. The first kappa shape index (κ1) is 18.8. The number of benzene rings is 1. The van der Waals surface area contributed by atoms with Crippen LogP contribution < -0.4 is 15.4 Å². The van der Waals surface area contributed by atoms with E-state index >= 15 is 0 Å². The fraction of sp³-hybridized carbons (Fsp3) is 0.474. The number of ketones is 1. The lowest BCUT2D eigenvalue weighted by atomic mass is 9.84. The SMILES string of the molecule is CC(NC(=O)c1cccc(OC(F)(F)F)c1)(C1OC=CC1=O)C1C2CNCC21. The number of amides is 1. The van der Waals surface area contributed by atoms with Gasteiger partial charge in [-0.2, -0.15) is 0 Å². The molecule has 3 aliphatic rings. The average Bonchev–Trinajstić information content (AvgIpc) is 2.94. The van der Waals surface area contributed by atoms with Gasteiger partial charge in [0, 0.05) is 11.6 Å². The summed E-state index contributed by atoms with van der Waals surface area (Å²) in [7, 11) is 0. The molecule has 1 aliphatic carbocycles. The van der Waals surface area contributed by atoms with E-state index in [1.165, 1.54) is 24.5 Å². The molecule has 1 aromatic carbocycles. The first-order valence-corrected chi connectivity index (χ1v) is 8.94. The van der Waals surface area contributed by atoms with Crippen LogP contribution in [-0.4, -0.2) is 42.8 Å². The molecule has 0 spiro atoms. The third kappa shape index (κ3) is 3.34. The van der Waals surface area contributed by atoms with E-state index in [4.69, 9.17) is 4.74 Å². The largest absolute Gasteiger partial charge is 0.573 e. The van der Waals surface area contributed by atoms with Gasteiger partial charge in [0.05, 0.1) is 11.8 Å². The summed E-state index contributed by atoms with van der Waals surface area (Å²) >= 11 is 0. The Labute approximate surface area is 159 Å². The maximum Gasteiger partial charge on any atom is 0.573 e. The van der Waals surface area contributed by atoms with Crippen LogP contribution >= 0.6 is 0 Å². The summed E-state index contributed by atoms with van der Waals surface area (Å²) in [4.78, 5) is 25.1. The molecule has 1 saturated carbocycles. The molecule has 4 unspecified atom stereocenters. The number of carbonyl (C=O) groups is 2. The third-order valence-corrected chi connectivity index (χ3v) is 5.75. The van der Waals surface area contributed by atoms with Crippen LogP contribution in [0.25, 0.3) is 0 Å². The standard InChI is InChI=1S/C19H19F3N2O4/c1-18(16-14(25)5-6-27-16,15-12-8-23-9-13(12)15)24-17(26)10-3-2-4-11(7-10)28-19(20,21)22/h2-7,12-13,15-16,23H,8-9H2,1H3,(H,24,26). The Kier molecular flexibility index (Phi) is 4.37. The van der Waals surface area contributed by atoms with Crippen molar-refractivity contribution in [3.8, 4) is 5.75 Å². The molecule has 150 valence electrons. The van der Waals surface area contributed by atoms with Crippen molar-refractivity contribution in [1.82, 2.24) is 10.6 Å². The van der Waals surface area contributed by atoms with Crippen LogP contribution in [0, 0.1) is 17.8 Å². The van der Waals surface area contributed by atoms with Crippen molar-refractivity contribution in [2.45, 2.75) is 24.9 Å². The molecular weight excluding hydrogens is 377 g/mol. The molecule has 6 nitrogen and oxygen atoms in total. The summed E-state index contributed by atoms with van der Waals surface area (Å²) < 4.78 is 46.7. The zero-order valence-corrected chi connectivity index (χ0v) is 15.0. The fourth-order valence-corrected chi connectivity index (χ4v) is 4.56. The molecule has 0 aromatic heterocycles. The lowest BCUT2D eigenvalue weighted by Crippen LogP contribution is -2.59. The maximum atomic E-state index is 12.8. The van der Waals surface area contributed by atoms with Crippen molar-refractivity contribution in [2.24, 2.45) is 17.8 Å². The normalized spacial score (nSPS) is 30.4. The van der Waals surface area contributed by atoms with Gasteiger partial charge in [-0.15, -0.1) is 13.2 Å². The van der Waals surface area contributed by atoms with Gasteiger partial charge in [0.15, 0.2) is 6.10 Å². The van der Waals surface area contributed by atoms with Crippen LogP contribution in [-0.2, 0) is 9.53 Å². The van der Waals surface area contributed by atoms with Crippen molar-refractivity contribution in [3.63, 3.8) is 0 Å². The number of halogens is 3. The quantitative estimate of drug-likeness (QED) is 0.797. The van der Waals surface area contributed by atoms with E-state index < -0.39 is 29.7 Å². The number of ether oxygens (including phenoxy) is 2. The number of rotatable bonds is 5. The van der Waals surface area contributed by atoms with E-state index in [-0.39, 0.29) is 17.3 Å². The van der Waals surface area contributed by atoms with E-state index in [1.807, 2.05) is 0 Å². The first-order valence-electron chi connectivity index (χ1n) is 8.94. The number of alkyl halides is 3. The Bertz CT molecular complexity index is 831. The zero-order chi connectivity index (χ0) is 20.1. The summed E-state index contributed by atoms with van der Waals surface area (Å²) in [6.45, 7) is 3.35. The number of hydrogen-bond acceptors (Lipinski definition) is 5. The number of piperidine rings is 1. The van der Waals surface area contributed by atoms with Crippen molar-refractivity contribution in [3.05, 3.63) is 42.2 Å². The van der Waals surface area contributed by atoms with E-state index in [1.54, 1.807) is 6.92 Å². The lowest BCUT2D eigenvalue weighted by Gasteiger charge is -2.36. The maximum absolute atomic E-state index is 12.8. The van der Waals surface area contributed by atoms with Crippen LogP contribution in [0.5, 0.6) is 5.75 Å². The molecule has 2 fully saturated rings. The Hall–Kier alpha value is -2.55. The summed E-state index contributed by atoms with van der Waals surface area (Å²) in [5.74, 6) is -0.624. The topological polar surface area (TPSA) is 76.7 Å². The molecule has 4 rings (SSSR count). The predicted octanol–water partition coefficient (Wildman–Crippen LogP) is 2.02. The highest BCUT2D eigenvalue weighted by molar-refractivity contribution is 5.99. The van der Waals surface area contributed by atoms with Crippen LogP contribution in [0.1, 0.15) is 17.3 Å². The molecular formula is C19H19F3N2O4. The second-order valence-electron chi connectivity index (χ2n) is 7.55. The van der Waals surface area contributed by atoms with E-state index in [9.17, 15) is 22.8 Å². The van der Waals surface area contributed by atoms with Gasteiger partial charge < -0.3 is 20.1 Å². The van der Waals surface area contributed by atoms with Crippen molar-refractivity contribution in [1.29, 1.82) is 0 Å². The van der Waals surface area contributed by atoms with Crippen molar-refractivity contribution >= 4 is 11.7 Å². The molecule has 9 heteroatoms. The van der Waals surface area contributed by atoms with Crippen LogP contribution in [0.3, 0.4) is 0 Å². The molecule has 2 heterocycles. The molecule has 2 N–H and O–H groups in total. The first-order chi connectivity index (χ1) is 13.2. The van der Waals surface area contributed by atoms with Gasteiger partial charge in [0.2, 0.25) is 5.78 Å². The summed E-state index contributed by atoms with van der Waals surface area (Å²) in [5.41, 5.74) is -0.967. The molecule has 4 atom stereocenters. The second kappa shape index (κ2) is 6.51. The van der Waals surface area contributed by atoms with E-state index in [2.05, 4.69) is 15.4 Å². The fourth-order valence-electron chi connectivity index (χ4n) is 4.56. The van der Waals surface area contributed by atoms with Gasteiger partial charge in [-0.3, -0.25) is 9.59 Å². The van der Waals surface area contributed by atoms with Gasteiger partial charge in [0.1, 0.15) is 5.75 Å². The monoisotopic (exact) mass is 396 g/mol. The molecule has 2 aliphatic heterocycles. The van der Waals surface area contributed by atoms with Crippen LogP contribution in [0.2, 0.25) is 0 Å².